The van der Waals surface area contributed by atoms with Crippen LogP contribution in [0.15, 0.2) is 107 Å². The fourth-order valence-corrected chi connectivity index (χ4v) is 5.59. The SMILES string of the molecule is Cc1ccc(S(=O)(=O)N(CC(=O)N/N=C\c2ccc(OCC(=O)Nc3ccccc3Cl)cc2)c2ccccc2Cl)cc1. The Morgan fingerprint density at radius 2 is 1.50 bits per heavy atom. The first-order chi connectivity index (χ1) is 20.1. The van der Waals surface area contributed by atoms with Crippen molar-refractivity contribution >= 4 is 62.6 Å². The van der Waals surface area contributed by atoms with Crippen LogP contribution in [0.25, 0.3) is 0 Å². The van der Waals surface area contributed by atoms with E-state index in [0.29, 0.717) is 22.0 Å². The van der Waals surface area contributed by atoms with Gasteiger partial charge >= 0.3 is 0 Å². The van der Waals surface area contributed by atoms with Crippen LogP contribution in [0.1, 0.15) is 11.1 Å². The van der Waals surface area contributed by atoms with Crippen molar-refractivity contribution in [2.24, 2.45) is 5.10 Å². The topological polar surface area (TPSA) is 117 Å². The van der Waals surface area contributed by atoms with E-state index in [1.54, 1.807) is 78.9 Å². The molecule has 12 heteroatoms. The molecule has 0 aliphatic heterocycles. The lowest BCUT2D eigenvalue weighted by Crippen LogP contribution is -2.39. The van der Waals surface area contributed by atoms with Crippen LogP contribution in [0.4, 0.5) is 11.4 Å². The molecule has 0 spiro atoms. The van der Waals surface area contributed by atoms with Crippen LogP contribution < -0.4 is 19.8 Å². The molecular formula is C30H26Cl2N4O5S. The van der Waals surface area contributed by atoms with Gasteiger partial charge in [0.25, 0.3) is 21.8 Å². The van der Waals surface area contributed by atoms with Gasteiger partial charge in [-0.15, -0.1) is 0 Å². The maximum absolute atomic E-state index is 13.5. The lowest BCUT2D eigenvalue weighted by molar-refractivity contribution is -0.119. The van der Waals surface area contributed by atoms with Gasteiger partial charge in [0.1, 0.15) is 12.3 Å². The number of hydrogen-bond donors (Lipinski definition) is 2. The zero-order valence-electron chi connectivity index (χ0n) is 22.3. The third-order valence-corrected chi connectivity index (χ3v) is 8.24. The average Bonchev–Trinajstić information content (AvgIpc) is 2.97. The minimum atomic E-state index is -4.11. The molecule has 2 N–H and O–H groups in total. The van der Waals surface area contributed by atoms with E-state index in [1.807, 2.05) is 6.92 Å². The van der Waals surface area contributed by atoms with Crippen LogP contribution >= 0.6 is 23.2 Å². The molecule has 0 heterocycles. The number of carbonyl (C=O) groups is 2. The first kappa shape index (κ1) is 30.6. The number of sulfonamides is 1. The van der Waals surface area contributed by atoms with Gasteiger partial charge in [-0.2, -0.15) is 5.10 Å². The van der Waals surface area contributed by atoms with E-state index >= 15 is 0 Å². The molecule has 0 bridgehead atoms. The quantitative estimate of drug-likeness (QED) is 0.165. The van der Waals surface area contributed by atoms with E-state index in [0.717, 1.165) is 9.87 Å². The van der Waals surface area contributed by atoms with E-state index in [9.17, 15) is 18.0 Å². The molecule has 42 heavy (non-hydrogen) atoms. The number of rotatable bonds is 11. The highest BCUT2D eigenvalue weighted by Gasteiger charge is 2.28. The van der Waals surface area contributed by atoms with Gasteiger partial charge in [-0.25, -0.2) is 13.8 Å². The number of amides is 2. The number of nitrogens with one attached hydrogen (secondary N) is 2. The lowest BCUT2D eigenvalue weighted by atomic mass is 10.2. The van der Waals surface area contributed by atoms with Gasteiger partial charge in [-0.1, -0.05) is 65.2 Å². The van der Waals surface area contributed by atoms with Gasteiger partial charge in [0.05, 0.1) is 32.5 Å². The van der Waals surface area contributed by atoms with E-state index in [-0.39, 0.29) is 28.1 Å². The van der Waals surface area contributed by atoms with Gasteiger partial charge in [-0.05, 0) is 73.2 Å². The number of hydrazone groups is 1. The summed E-state index contributed by atoms with van der Waals surface area (Å²) < 4.78 is 33.4. The summed E-state index contributed by atoms with van der Waals surface area (Å²) in [6.07, 6.45) is 1.39. The van der Waals surface area contributed by atoms with Crippen LogP contribution in [0, 0.1) is 6.92 Å². The highest BCUT2D eigenvalue weighted by molar-refractivity contribution is 7.92. The fourth-order valence-electron chi connectivity index (χ4n) is 3.68. The number of para-hydroxylation sites is 2. The van der Waals surface area contributed by atoms with Gasteiger partial charge in [-0.3, -0.25) is 13.9 Å². The maximum atomic E-state index is 13.5. The molecule has 2 amide bonds. The van der Waals surface area contributed by atoms with Gasteiger partial charge in [0.15, 0.2) is 6.61 Å². The number of ether oxygens (including phenoxy) is 1. The third kappa shape index (κ3) is 8.10. The zero-order valence-corrected chi connectivity index (χ0v) is 24.7. The molecule has 0 aromatic heterocycles. The van der Waals surface area contributed by atoms with E-state index in [2.05, 4.69) is 15.8 Å². The van der Waals surface area contributed by atoms with E-state index in [1.165, 1.54) is 24.4 Å². The van der Waals surface area contributed by atoms with Crippen molar-refractivity contribution in [1.82, 2.24) is 5.43 Å². The Bertz CT molecular complexity index is 1700. The molecule has 0 aliphatic carbocycles. The van der Waals surface area contributed by atoms with Crippen LogP contribution in [0.2, 0.25) is 10.0 Å². The summed E-state index contributed by atoms with van der Waals surface area (Å²) in [4.78, 5) is 24.9. The highest BCUT2D eigenvalue weighted by atomic mass is 35.5. The molecule has 0 aliphatic rings. The third-order valence-electron chi connectivity index (χ3n) is 5.82. The largest absolute Gasteiger partial charge is 0.484 e. The highest BCUT2D eigenvalue weighted by Crippen LogP contribution is 2.30. The Balaban J connectivity index is 1.36. The number of anilines is 2. The molecule has 9 nitrogen and oxygen atoms in total. The minimum absolute atomic E-state index is 0.0213. The molecule has 0 atom stereocenters. The van der Waals surface area contributed by atoms with Gasteiger partial charge in [0, 0.05) is 0 Å². The smallest absolute Gasteiger partial charge is 0.264 e. The molecular weight excluding hydrogens is 599 g/mol. The molecule has 0 unspecified atom stereocenters. The Morgan fingerprint density at radius 3 is 2.17 bits per heavy atom. The van der Waals surface area contributed by atoms with Crippen LogP contribution in [0.3, 0.4) is 0 Å². The van der Waals surface area contributed by atoms with Crippen LogP contribution in [-0.4, -0.2) is 39.6 Å². The van der Waals surface area contributed by atoms with Crippen molar-refractivity contribution in [3.05, 3.63) is 118 Å². The minimum Gasteiger partial charge on any atom is -0.484 e. The number of aryl methyl sites for hydroxylation is 1. The second-order valence-corrected chi connectivity index (χ2v) is 11.6. The Labute approximate surface area is 253 Å². The summed E-state index contributed by atoms with van der Waals surface area (Å²) in [7, 11) is -4.11. The predicted molar refractivity (Wildman–Crippen MR) is 165 cm³/mol. The molecule has 4 aromatic rings. The monoisotopic (exact) mass is 624 g/mol. The van der Waals surface area contributed by atoms with E-state index in [4.69, 9.17) is 27.9 Å². The Kier molecular flexibility index (Phi) is 10.2. The fraction of sp³-hybridized carbons (Fsp3) is 0.100. The number of hydrogen-bond acceptors (Lipinski definition) is 6. The van der Waals surface area contributed by atoms with Gasteiger partial charge < -0.3 is 10.1 Å². The van der Waals surface area contributed by atoms with Crippen LogP contribution in [-0.2, 0) is 19.6 Å². The Hall–Kier alpha value is -4.38. The average molecular weight is 626 g/mol. The van der Waals surface area contributed by atoms with E-state index < -0.39 is 22.5 Å². The van der Waals surface area contributed by atoms with Crippen LogP contribution in [0.5, 0.6) is 5.75 Å². The summed E-state index contributed by atoms with van der Waals surface area (Å²) in [5, 5.41) is 7.21. The molecule has 4 rings (SSSR count). The standard InChI is InChI=1S/C30H26Cl2N4O5S/c1-21-10-16-24(17-11-21)42(39,40)36(28-9-5-3-7-26(28)32)19-29(37)35-33-18-22-12-14-23(15-13-22)41-20-30(38)34-27-8-4-2-6-25(27)31/h2-18H,19-20H2,1H3,(H,34,38)(H,35,37)/b33-18-. The number of halogens is 2. The molecule has 4 aromatic carbocycles. The summed E-state index contributed by atoms with van der Waals surface area (Å²) in [6, 6.07) is 26.2. The van der Waals surface area contributed by atoms with Crippen molar-refractivity contribution in [3.63, 3.8) is 0 Å². The zero-order chi connectivity index (χ0) is 30.1. The first-order valence-electron chi connectivity index (χ1n) is 12.6. The lowest BCUT2D eigenvalue weighted by Gasteiger charge is -2.24. The van der Waals surface area contributed by atoms with Crippen molar-refractivity contribution in [3.8, 4) is 5.75 Å². The van der Waals surface area contributed by atoms with Crippen molar-refractivity contribution < 1.29 is 22.7 Å². The molecule has 0 fully saturated rings. The molecule has 216 valence electrons. The normalized spacial score (nSPS) is 11.2. The molecule has 0 radical (unpaired) electrons. The number of benzene rings is 4. The number of carbonyl (C=O) groups excluding carboxylic acids is 2. The van der Waals surface area contributed by atoms with Gasteiger partial charge in [0.2, 0.25) is 0 Å². The van der Waals surface area contributed by atoms with Crippen molar-refractivity contribution in [2.45, 2.75) is 11.8 Å². The van der Waals surface area contributed by atoms with Crippen molar-refractivity contribution in [2.75, 3.05) is 22.8 Å². The first-order valence-corrected chi connectivity index (χ1v) is 14.8. The second-order valence-electron chi connectivity index (χ2n) is 8.96. The number of nitrogens with zero attached hydrogens (tertiary/aromatic N) is 2. The second kappa shape index (κ2) is 14.0. The maximum Gasteiger partial charge on any atom is 0.264 e. The summed E-state index contributed by atoms with van der Waals surface area (Å²) >= 11 is 12.3. The molecule has 0 saturated carbocycles. The summed E-state index contributed by atoms with van der Waals surface area (Å²) in [5.41, 5.74) is 4.52. The summed E-state index contributed by atoms with van der Waals surface area (Å²) in [6.45, 7) is 1.07. The Morgan fingerprint density at radius 1 is 0.857 bits per heavy atom. The summed E-state index contributed by atoms with van der Waals surface area (Å²) in [5.74, 6) is -0.597. The van der Waals surface area contributed by atoms with Crippen molar-refractivity contribution in [1.29, 1.82) is 0 Å². The predicted octanol–water partition coefficient (Wildman–Crippen LogP) is 5.66. The molecule has 0 saturated heterocycles.